The quantitative estimate of drug-likeness (QED) is 0.0896. The molecule has 4 aromatic rings. The fourth-order valence-corrected chi connectivity index (χ4v) is 6.70. The predicted molar refractivity (Wildman–Crippen MR) is 169 cm³/mol. The van der Waals surface area contributed by atoms with Gasteiger partial charge in [-0.15, -0.1) is 0 Å². The molecule has 10 heteroatoms. The first-order valence-corrected chi connectivity index (χ1v) is 15.1. The van der Waals surface area contributed by atoms with Crippen LogP contribution >= 0.6 is 39.1 Å². The molecular weight excluding hydrogens is 655 g/mol. The number of carbonyl (C=O) groups excluding carboxylic acids is 4. The number of anilines is 1. The van der Waals surface area contributed by atoms with Gasteiger partial charge in [-0.1, -0.05) is 63.4 Å². The number of halogens is 3. The zero-order chi connectivity index (χ0) is 30.4. The maximum Gasteiger partial charge on any atom is 0.339 e. The van der Waals surface area contributed by atoms with Crippen LogP contribution in [0.1, 0.15) is 39.1 Å². The van der Waals surface area contributed by atoms with Crippen molar-refractivity contribution in [3.05, 3.63) is 104 Å². The van der Waals surface area contributed by atoms with Crippen molar-refractivity contribution in [2.75, 3.05) is 11.5 Å². The van der Waals surface area contributed by atoms with Gasteiger partial charge in [0, 0.05) is 26.0 Å². The molecular formula is C33H23BrCl2N2O5. The number of ketones is 1. The lowest BCUT2D eigenvalue weighted by Crippen LogP contribution is -2.30. The summed E-state index contributed by atoms with van der Waals surface area (Å²) in [6, 6.07) is 16.7. The summed E-state index contributed by atoms with van der Waals surface area (Å²) in [5, 5.41) is 1.11. The molecule has 3 aromatic carbocycles. The molecule has 0 spiro atoms. The molecule has 2 aliphatic rings. The van der Waals surface area contributed by atoms with Gasteiger partial charge < -0.3 is 4.74 Å². The molecule has 0 N–H and O–H groups in total. The van der Waals surface area contributed by atoms with Crippen LogP contribution in [0.25, 0.3) is 22.2 Å². The molecule has 1 fully saturated rings. The van der Waals surface area contributed by atoms with Crippen LogP contribution in [0.15, 0.2) is 77.3 Å². The number of hydrogen-bond donors (Lipinski definition) is 0. The van der Waals surface area contributed by atoms with Crippen LogP contribution < -0.4 is 4.90 Å². The Kier molecular flexibility index (Phi) is 7.94. The second-order valence-electron chi connectivity index (χ2n) is 10.5. The minimum atomic E-state index is -0.703. The van der Waals surface area contributed by atoms with Crippen LogP contribution in [0, 0.1) is 18.8 Å². The second kappa shape index (κ2) is 11.7. The van der Waals surface area contributed by atoms with E-state index in [0.717, 1.165) is 10.0 Å². The first-order chi connectivity index (χ1) is 20.6. The minimum Gasteiger partial charge on any atom is -0.454 e. The molecule has 216 valence electrons. The van der Waals surface area contributed by atoms with Gasteiger partial charge in [0.25, 0.3) is 0 Å². The summed E-state index contributed by atoms with van der Waals surface area (Å²) < 4.78 is 6.21. The molecule has 43 heavy (non-hydrogen) atoms. The molecule has 0 bridgehead atoms. The van der Waals surface area contributed by atoms with Crippen LogP contribution in [0.4, 0.5) is 5.69 Å². The second-order valence-corrected chi connectivity index (χ2v) is 12.3. The molecule has 6 rings (SSSR count). The predicted octanol–water partition coefficient (Wildman–Crippen LogP) is 7.77. The first-order valence-electron chi connectivity index (χ1n) is 13.5. The standard InChI is InChI=1S/C33H23BrCl2N2O5/c1-17-12-19(34)13-25-26(33(42)43-16-29(39)24-11-8-20(35)14-27(24)36)15-28(37-30(17)25)18-6-9-21(10-7-18)38-31(40)22-4-2-3-5-23(22)32(38)41/h2-3,6-15,22-23H,4-5,16H2,1H3. The average Bonchev–Trinajstić information content (AvgIpc) is 3.24. The number of ether oxygens (including phenoxy) is 1. The zero-order valence-electron chi connectivity index (χ0n) is 22.8. The number of imide groups is 1. The van der Waals surface area contributed by atoms with E-state index in [1.165, 1.54) is 23.1 Å². The highest BCUT2D eigenvalue weighted by atomic mass is 79.9. The van der Waals surface area contributed by atoms with Gasteiger partial charge in [-0.05, 0) is 73.9 Å². The largest absolute Gasteiger partial charge is 0.454 e. The van der Waals surface area contributed by atoms with Crippen molar-refractivity contribution < 1.29 is 23.9 Å². The van der Waals surface area contributed by atoms with Gasteiger partial charge in [0.2, 0.25) is 17.6 Å². The molecule has 2 unspecified atom stereocenters. The van der Waals surface area contributed by atoms with E-state index in [1.807, 2.05) is 25.1 Å². The lowest BCUT2D eigenvalue weighted by Gasteiger charge is -2.16. The maximum absolute atomic E-state index is 13.4. The highest BCUT2D eigenvalue weighted by Gasteiger charge is 2.47. The number of hydrogen-bond acceptors (Lipinski definition) is 6. The molecule has 2 heterocycles. The van der Waals surface area contributed by atoms with Gasteiger partial charge in [0.05, 0.1) is 39.3 Å². The number of fused-ring (bicyclic) bond motifs is 2. The number of rotatable bonds is 6. The number of aromatic nitrogens is 1. The number of carbonyl (C=O) groups is 4. The van der Waals surface area contributed by atoms with Gasteiger partial charge in [0.1, 0.15) is 0 Å². The number of allylic oxidation sites excluding steroid dienone is 2. The van der Waals surface area contributed by atoms with E-state index in [1.54, 1.807) is 36.4 Å². The number of benzene rings is 3. The Morgan fingerprint density at radius 1 is 0.930 bits per heavy atom. The number of Topliss-reactive ketones (excluding diaryl/α,β-unsaturated/α-hetero) is 1. The number of pyridine rings is 1. The van der Waals surface area contributed by atoms with Gasteiger partial charge in [-0.3, -0.25) is 19.3 Å². The summed E-state index contributed by atoms with van der Waals surface area (Å²) in [7, 11) is 0. The van der Waals surface area contributed by atoms with E-state index < -0.39 is 18.4 Å². The highest BCUT2D eigenvalue weighted by molar-refractivity contribution is 9.10. The van der Waals surface area contributed by atoms with Crippen molar-refractivity contribution >= 4 is 79.3 Å². The lowest BCUT2D eigenvalue weighted by molar-refractivity contribution is -0.122. The highest BCUT2D eigenvalue weighted by Crippen LogP contribution is 2.38. The van der Waals surface area contributed by atoms with E-state index in [4.69, 9.17) is 32.9 Å². The fourth-order valence-electron chi connectivity index (χ4n) is 5.61. The van der Waals surface area contributed by atoms with Crippen LogP contribution in [-0.2, 0) is 14.3 Å². The molecule has 0 radical (unpaired) electrons. The Bertz CT molecular complexity index is 1850. The van der Waals surface area contributed by atoms with Crippen molar-refractivity contribution in [1.29, 1.82) is 0 Å². The van der Waals surface area contributed by atoms with E-state index >= 15 is 0 Å². The SMILES string of the molecule is Cc1cc(Br)cc2c(C(=O)OCC(=O)c3ccc(Cl)cc3Cl)cc(-c3ccc(N4C(=O)C5CC=CCC5C4=O)cc3)nc12. The minimum absolute atomic E-state index is 0.168. The molecule has 0 saturated carbocycles. The molecule has 1 aliphatic heterocycles. The Labute approximate surface area is 265 Å². The maximum atomic E-state index is 13.4. The number of aryl methyl sites for hydroxylation is 1. The van der Waals surface area contributed by atoms with Gasteiger partial charge in [-0.2, -0.15) is 0 Å². The normalized spacial score (nSPS) is 17.8. The summed E-state index contributed by atoms with van der Waals surface area (Å²) in [5.41, 5.74) is 3.49. The van der Waals surface area contributed by atoms with E-state index in [-0.39, 0.29) is 39.8 Å². The molecule has 1 aliphatic carbocycles. The van der Waals surface area contributed by atoms with Crippen molar-refractivity contribution in [1.82, 2.24) is 4.98 Å². The van der Waals surface area contributed by atoms with E-state index in [0.29, 0.717) is 45.7 Å². The third-order valence-electron chi connectivity index (χ3n) is 7.78. The van der Waals surface area contributed by atoms with E-state index in [2.05, 4.69) is 15.9 Å². The Morgan fingerprint density at radius 3 is 2.26 bits per heavy atom. The van der Waals surface area contributed by atoms with Crippen molar-refractivity contribution in [3.63, 3.8) is 0 Å². The Morgan fingerprint density at radius 2 is 1.60 bits per heavy atom. The lowest BCUT2D eigenvalue weighted by atomic mass is 9.85. The van der Waals surface area contributed by atoms with Crippen molar-refractivity contribution in [2.45, 2.75) is 19.8 Å². The van der Waals surface area contributed by atoms with E-state index in [9.17, 15) is 19.2 Å². The monoisotopic (exact) mass is 676 g/mol. The molecule has 2 amide bonds. The third kappa shape index (κ3) is 5.51. The van der Waals surface area contributed by atoms with Crippen LogP contribution in [0.3, 0.4) is 0 Å². The topological polar surface area (TPSA) is 93.6 Å². The summed E-state index contributed by atoms with van der Waals surface area (Å²) >= 11 is 15.6. The first kappa shape index (κ1) is 29.2. The third-order valence-corrected chi connectivity index (χ3v) is 8.79. The number of amides is 2. The average molecular weight is 678 g/mol. The molecule has 1 aromatic heterocycles. The fraction of sp³-hybridized carbons (Fsp3) is 0.182. The van der Waals surface area contributed by atoms with Crippen LogP contribution in [0.5, 0.6) is 0 Å². The molecule has 7 nitrogen and oxygen atoms in total. The summed E-state index contributed by atoms with van der Waals surface area (Å²) in [5.74, 6) is -2.18. The zero-order valence-corrected chi connectivity index (χ0v) is 25.9. The summed E-state index contributed by atoms with van der Waals surface area (Å²) in [6.07, 6.45) is 5.04. The molecule has 1 saturated heterocycles. The Hall–Kier alpha value is -3.85. The van der Waals surface area contributed by atoms with Crippen molar-refractivity contribution in [3.8, 4) is 11.3 Å². The summed E-state index contributed by atoms with van der Waals surface area (Å²) in [4.78, 5) is 58.3. The summed E-state index contributed by atoms with van der Waals surface area (Å²) in [6.45, 7) is 1.36. The molecule has 2 atom stereocenters. The number of nitrogens with zero attached hydrogens (tertiary/aromatic N) is 2. The smallest absolute Gasteiger partial charge is 0.339 e. The van der Waals surface area contributed by atoms with Crippen LogP contribution in [0.2, 0.25) is 10.0 Å². The van der Waals surface area contributed by atoms with Crippen molar-refractivity contribution in [2.24, 2.45) is 11.8 Å². The van der Waals surface area contributed by atoms with Gasteiger partial charge in [0.15, 0.2) is 6.61 Å². The van der Waals surface area contributed by atoms with Crippen LogP contribution in [-0.4, -0.2) is 35.2 Å². The van der Waals surface area contributed by atoms with Gasteiger partial charge in [-0.25, -0.2) is 9.78 Å². The Balaban J connectivity index is 1.31. The van der Waals surface area contributed by atoms with Gasteiger partial charge >= 0.3 is 5.97 Å². The number of esters is 1.